The Morgan fingerprint density at radius 2 is 1.14 bits per heavy atom. The lowest BCUT2D eigenvalue weighted by Crippen LogP contribution is -2.74. The van der Waals surface area contributed by atoms with E-state index in [4.69, 9.17) is 42.6 Å². The van der Waals surface area contributed by atoms with Gasteiger partial charge < -0.3 is 109 Å². The van der Waals surface area contributed by atoms with Crippen LogP contribution in [-0.4, -0.2) is 234 Å². The Kier molecular flexibility index (Phi) is 15.2. The van der Waals surface area contributed by atoms with Crippen LogP contribution < -0.4 is 0 Å². The molecule has 10 aliphatic rings. The van der Waals surface area contributed by atoms with Gasteiger partial charge in [0.25, 0.3) is 0 Å². The fourth-order valence-electron chi connectivity index (χ4n) is 17.5. The molecule has 22 heteroatoms. The largest absolute Gasteiger partial charge is 0.396 e. The maximum absolute atomic E-state index is 12.4. The number of aliphatic hydroxyl groups excluding tert-OH is 13. The van der Waals surface area contributed by atoms with Gasteiger partial charge in [0.05, 0.1) is 50.8 Å². The molecule has 5 saturated heterocycles. The van der Waals surface area contributed by atoms with Crippen LogP contribution in [0.4, 0.5) is 0 Å². The van der Waals surface area contributed by atoms with Crippen molar-refractivity contribution in [1.29, 1.82) is 0 Å². The number of ether oxygens (including phenoxy) is 9. The predicted molar refractivity (Wildman–Crippen MR) is 252 cm³/mol. The molecule has 426 valence electrons. The van der Waals surface area contributed by atoms with Gasteiger partial charge in [0, 0.05) is 17.4 Å². The van der Waals surface area contributed by atoms with Crippen LogP contribution >= 0.6 is 0 Å². The summed E-state index contributed by atoms with van der Waals surface area (Å²) >= 11 is 0. The zero-order valence-corrected chi connectivity index (χ0v) is 43.6. The third-order valence-corrected chi connectivity index (χ3v) is 22.1. The highest BCUT2D eigenvalue weighted by molar-refractivity contribution is 5.28. The third-order valence-electron chi connectivity index (χ3n) is 22.1. The Bertz CT molecular complexity index is 1990. The number of aliphatic hydroxyl groups is 13. The van der Waals surface area contributed by atoms with Crippen molar-refractivity contribution < 1.29 is 109 Å². The highest BCUT2D eigenvalue weighted by Gasteiger charge is 2.80. The Hall–Kier alpha value is -0.880. The molecule has 29 atom stereocenters. The van der Waals surface area contributed by atoms with E-state index in [1.165, 1.54) is 0 Å². The molecule has 10 rings (SSSR count). The molecule has 0 aromatic rings. The van der Waals surface area contributed by atoms with Gasteiger partial charge in [0.2, 0.25) is 0 Å². The summed E-state index contributed by atoms with van der Waals surface area (Å²) in [5.41, 5.74) is -2.15. The first-order chi connectivity index (χ1) is 34.8. The van der Waals surface area contributed by atoms with Crippen LogP contribution in [0.25, 0.3) is 0 Å². The van der Waals surface area contributed by atoms with Crippen molar-refractivity contribution in [2.24, 2.45) is 50.2 Å². The first kappa shape index (κ1) is 56.4. The van der Waals surface area contributed by atoms with E-state index >= 15 is 0 Å². The summed E-state index contributed by atoms with van der Waals surface area (Å²) in [4.78, 5) is 0. The molecule has 22 nitrogen and oxygen atoms in total. The lowest BCUT2D eigenvalue weighted by atomic mass is 9.30. The third kappa shape index (κ3) is 8.39. The van der Waals surface area contributed by atoms with Gasteiger partial charge in [-0.2, -0.15) is 0 Å². The van der Waals surface area contributed by atoms with Crippen LogP contribution in [0.5, 0.6) is 0 Å². The zero-order valence-electron chi connectivity index (χ0n) is 43.6. The van der Waals surface area contributed by atoms with E-state index in [0.29, 0.717) is 19.4 Å². The Morgan fingerprint density at radius 3 is 1.82 bits per heavy atom. The van der Waals surface area contributed by atoms with Crippen molar-refractivity contribution in [3.05, 3.63) is 0 Å². The molecular formula is C52H86O22. The van der Waals surface area contributed by atoms with Gasteiger partial charge >= 0.3 is 0 Å². The van der Waals surface area contributed by atoms with Crippen LogP contribution in [0.2, 0.25) is 0 Å². The molecule has 10 fully saturated rings. The first-order valence-corrected chi connectivity index (χ1v) is 27.2. The number of rotatable bonds is 11. The van der Waals surface area contributed by atoms with Crippen molar-refractivity contribution in [3.63, 3.8) is 0 Å². The highest BCUT2D eigenvalue weighted by atomic mass is 16.8. The molecule has 2 bridgehead atoms. The molecule has 5 aliphatic carbocycles. The van der Waals surface area contributed by atoms with E-state index in [0.717, 1.165) is 51.4 Å². The summed E-state index contributed by atoms with van der Waals surface area (Å²) in [6, 6.07) is 0. The quantitative estimate of drug-likeness (QED) is 0.0986. The number of hydrogen-bond acceptors (Lipinski definition) is 22. The minimum absolute atomic E-state index is 0.109. The summed E-state index contributed by atoms with van der Waals surface area (Å²) in [5.74, 6) is 0.560. The van der Waals surface area contributed by atoms with Crippen molar-refractivity contribution in [2.75, 3.05) is 39.6 Å². The van der Waals surface area contributed by atoms with Crippen LogP contribution in [0.15, 0.2) is 0 Å². The van der Waals surface area contributed by atoms with E-state index in [1.54, 1.807) is 0 Å². The average molecular weight is 1060 g/mol. The fraction of sp³-hybridized carbons (Fsp3) is 1.00. The maximum atomic E-state index is 12.4. The summed E-state index contributed by atoms with van der Waals surface area (Å²) in [7, 11) is 0. The van der Waals surface area contributed by atoms with Gasteiger partial charge in [0.1, 0.15) is 85.5 Å². The summed E-state index contributed by atoms with van der Waals surface area (Å²) < 4.78 is 55.9. The zero-order chi connectivity index (χ0) is 53.5. The molecule has 5 saturated carbocycles. The minimum Gasteiger partial charge on any atom is -0.396 e. The standard InChI is InChI=1S/C52H86O22/c1-46(2)27-7-11-49(5)28(8-12-52-29-15-47(3,21-55)13-14-51(29,22-68-52)30(57)16-50(49,52)6)48(27,4)10-9-31(46)72-44-40(74-43-39(65)36(62)33(59)24(17-53)69-43)35(61)26(20-67-44)71-45-41(37(63)34(60)25(18-54)70-45)73-42-38(64)32(58)23(56)19-66-42/h23-45,53-65H,7-22H2,1-6H3/t23-,24-,25-,26+,27+,28-,29-,30-,31+,32+,33-,34-,35+,36+,37+,38-,39-,40-,41-,42+,43+,44+,45+,47+,48+,49-,50+,51-,52+/m1/s1. The van der Waals surface area contributed by atoms with Crippen LogP contribution in [-0.2, 0) is 42.6 Å². The van der Waals surface area contributed by atoms with Crippen molar-refractivity contribution in [3.8, 4) is 0 Å². The molecule has 13 N–H and O–H groups in total. The molecular weight excluding hydrogens is 977 g/mol. The van der Waals surface area contributed by atoms with E-state index in [9.17, 15) is 66.4 Å². The van der Waals surface area contributed by atoms with Gasteiger partial charge in [-0.1, -0.05) is 41.5 Å². The summed E-state index contributed by atoms with van der Waals surface area (Å²) in [5, 5.41) is 141. The summed E-state index contributed by atoms with van der Waals surface area (Å²) in [6.45, 7) is 12.1. The average Bonchev–Trinajstić information content (AvgIpc) is 3.65. The van der Waals surface area contributed by atoms with E-state index in [2.05, 4.69) is 41.5 Å². The summed E-state index contributed by atoms with van der Waals surface area (Å²) in [6.07, 6.45) is -22.7. The van der Waals surface area contributed by atoms with E-state index in [1.807, 2.05) is 0 Å². The van der Waals surface area contributed by atoms with E-state index < -0.39 is 160 Å². The molecule has 0 aromatic carbocycles. The normalized spacial score (nSPS) is 58.2. The SMILES string of the molecule is CC1(C)[C@@H](O[C@@H]2OC[C@H](O[C@@H]3O[C@H](CO)[C@@H](O)[C@H](O)[C@H]3O[C@@H]3OC[C@@H](O)[C@H](O)[C@H]3O)[C@H](O)[C@H]2O[C@@H]2O[C@H](CO)[C@@H](O)[C@H](O)[C@H]2O)CC[C@]2(C)[C@H]3CC[C@]45OC[C@@]6(CC[C@](C)(CO)C[C@H]64)[C@H](O)C[C@@]5(C)[C@]3(C)CC[C@@H]12. The molecule has 5 heterocycles. The highest BCUT2D eigenvalue weighted by Crippen LogP contribution is 2.80. The number of hydrogen-bond donors (Lipinski definition) is 13. The molecule has 1 spiro atoms. The topological polar surface area (TPSA) is 346 Å². The molecule has 74 heavy (non-hydrogen) atoms. The lowest BCUT2D eigenvalue weighted by Gasteiger charge is -2.75. The first-order valence-electron chi connectivity index (χ1n) is 27.2. The van der Waals surface area contributed by atoms with E-state index in [-0.39, 0.29) is 51.4 Å². The molecule has 0 unspecified atom stereocenters. The molecule has 0 amide bonds. The maximum Gasteiger partial charge on any atom is 0.187 e. The molecule has 0 aromatic heterocycles. The van der Waals surface area contributed by atoms with Crippen molar-refractivity contribution in [2.45, 2.75) is 234 Å². The Labute approximate surface area is 432 Å². The van der Waals surface area contributed by atoms with Crippen LogP contribution in [0, 0.1) is 50.2 Å². The monoisotopic (exact) mass is 1060 g/mol. The Morgan fingerprint density at radius 1 is 0.514 bits per heavy atom. The predicted octanol–water partition coefficient (Wildman–Crippen LogP) is -2.10. The van der Waals surface area contributed by atoms with Crippen molar-refractivity contribution in [1.82, 2.24) is 0 Å². The molecule has 5 aliphatic heterocycles. The number of fused-ring (bicyclic) bond motifs is 4. The smallest absolute Gasteiger partial charge is 0.187 e. The second-order valence-electron chi connectivity index (χ2n) is 26.0. The second-order valence-corrected chi connectivity index (χ2v) is 26.0. The van der Waals surface area contributed by atoms with Crippen LogP contribution in [0.1, 0.15) is 106 Å². The van der Waals surface area contributed by atoms with Crippen LogP contribution in [0.3, 0.4) is 0 Å². The van der Waals surface area contributed by atoms with Gasteiger partial charge in [0.15, 0.2) is 25.2 Å². The van der Waals surface area contributed by atoms with Gasteiger partial charge in [-0.05, 0) is 104 Å². The fourth-order valence-corrected chi connectivity index (χ4v) is 17.5. The Balaban J connectivity index is 0.900. The molecule has 0 radical (unpaired) electrons. The lowest BCUT2D eigenvalue weighted by molar-refractivity contribution is -0.392. The van der Waals surface area contributed by atoms with Crippen molar-refractivity contribution >= 4 is 0 Å². The van der Waals surface area contributed by atoms with Gasteiger partial charge in [-0.15, -0.1) is 0 Å². The van der Waals surface area contributed by atoms with Gasteiger partial charge in [-0.3, -0.25) is 0 Å². The minimum atomic E-state index is -1.88. The van der Waals surface area contributed by atoms with Gasteiger partial charge in [-0.25, -0.2) is 0 Å². The second kappa shape index (κ2) is 20.0.